The molecule has 0 aliphatic carbocycles. The second-order valence-electron chi connectivity index (χ2n) is 1.38. The first-order valence-corrected chi connectivity index (χ1v) is 2.61. The highest BCUT2D eigenvalue weighted by molar-refractivity contribution is 7.71. The van der Waals surface area contributed by atoms with E-state index in [2.05, 4.69) is 9.68 Å². The average Bonchev–Trinajstić information content (AvgIpc) is 2.14. The minimum Gasteiger partial charge on any atom is -0.370 e. The highest BCUT2D eigenvalue weighted by Gasteiger charge is 1.91. The van der Waals surface area contributed by atoms with Crippen molar-refractivity contribution in [2.75, 3.05) is 0 Å². The molecule has 8 heavy (non-hydrogen) atoms. The lowest BCUT2D eigenvalue weighted by molar-refractivity contribution is 0.407. The smallest absolute Gasteiger partial charge is 0.224 e. The standard InChI is InChI=1S/C4H6N2OS/c5-1-3-2-6-7-4(3)8/h2,6H,1,5H2. The van der Waals surface area contributed by atoms with Crippen LogP contribution in [0.3, 0.4) is 0 Å². The van der Waals surface area contributed by atoms with Crippen LogP contribution in [0.5, 0.6) is 0 Å². The Balaban J connectivity index is 3.11. The first kappa shape index (κ1) is 5.53. The molecule has 4 heteroatoms. The van der Waals surface area contributed by atoms with Crippen LogP contribution in [-0.2, 0) is 6.54 Å². The molecule has 0 spiro atoms. The predicted octanol–water partition coefficient (Wildman–Crippen LogP) is 0.796. The summed E-state index contributed by atoms with van der Waals surface area (Å²) in [5, 5.41) is 2.49. The maximum absolute atomic E-state index is 5.25. The van der Waals surface area contributed by atoms with E-state index in [-0.39, 0.29) is 0 Å². The van der Waals surface area contributed by atoms with Crippen LogP contribution in [0.1, 0.15) is 5.56 Å². The van der Waals surface area contributed by atoms with E-state index in [0.29, 0.717) is 11.3 Å². The van der Waals surface area contributed by atoms with Crippen molar-refractivity contribution in [3.05, 3.63) is 16.5 Å². The summed E-state index contributed by atoms with van der Waals surface area (Å²) in [4.78, 5) is 0. The molecule has 0 fully saturated rings. The van der Waals surface area contributed by atoms with Gasteiger partial charge in [-0.1, -0.05) is 0 Å². The van der Waals surface area contributed by atoms with E-state index in [9.17, 15) is 0 Å². The Kier molecular flexibility index (Phi) is 1.45. The molecule has 0 saturated heterocycles. The van der Waals surface area contributed by atoms with Gasteiger partial charge in [-0.3, -0.25) is 0 Å². The zero-order valence-electron chi connectivity index (χ0n) is 4.18. The highest BCUT2D eigenvalue weighted by Crippen LogP contribution is 1.97. The van der Waals surface area contributed by atoms with E-state index in [0.717, 1.165) is 5.56 Å². The number of hydrogen-bond acceptors (Lipinski definition) is 3. The van der Waals surface area contributed by atoms with E-state index in [1.54, 1.807) is 6.20 Å². The van der Waals surface area contributed by atoms with Gasteiger partial charge in [0.15, 0.2) is 0 Å². The van der Waals surface area contributed by atoms with Crippen molar-refractivity contribution < 1.29 is 4.52 Å². The van der Waals surface area contributed by atoms with Gasteiger partial charge in [-0.15, -0.1) is 0 Å². The topological polar surface area (TPSA) is 55.0 Å². The van der Waals surface area contributed by atoms with Crippen molar-refractivity contribution in [1.82, 2.24) is 5.16 Å². The second kappa shape index (κ2) is 2.11. The van der Waals surface area contributed by atoms with Crippen LogP contribution < -0.4 is 5.73 Å². The Morgan fingerprint density at radius 2 is 2.62 bits per heavy atom. The summed E-state index contributed by atoms with van der Waals surface area (Å²) in [6.07, 6.45) is 1.66. The predicted molar refractivity (Wildman–Crippen MR) is 31.8 cm³/mol. The first-order chi connectivity index (χ1) is 3.84. The summed E-state index contributed by atoms with van der Waals surface area (Å²) in [5.74, 6) is 0. The molecule has 0 atom stereocenters. The van der Waals surface area contributed by atoms with Crippen molar-refractivity contribution in [3.63, 3.8) is 0 Å². The zero-order chi connectivity index (χ0) is 5.98. The number of hydrogen-bond donors (Lipinski definition) is 2. The van der Waals surface area contributed by atoms with Gasteiger partial charge in [-0.05, 0) is 12.2 Å². The lowest BCUT2D eigenvalue weighted by atomic mass is 10.4. The average molecular weight is 130 g/mol. The van der Waals surface area contributed by atoms with Crippen LogP contribution in [0.2, 0.25) is 0 Å². The number of nitrogens with one attached hydrogen (secondary N) is 1. The third kappa shape index (κ3) is 0.801. The fraction of sp³-hybridized carbons (Fsp3) is 0.250. The van der Waals surface area contributed by atoms with Gasteiger partial charge in [0.1, 0.15) is 0 Å². The Bertz CT molecular complexity index is 214. The van der Waals surface area contributed by atoms with Gasteiger partial charge in [-0.2, -0.15) is 0 Å². The van der Waals surface area contributed by atoms with Crippen LogP contribution in [-0.4, -0.2) is 5.16 Å². The molecule has 0 aliphatic heterocycles. The lowest BCUT2D eigenvalue weighted by Crippen LogP contribution is -1.93. The van der Waals surface area contributed by atoms with Crippen molar-refractivity contribution in [1.29, 1.82) is 0 Å². The van der Waals surface area contributed by atoms with E-state index in [1.807, 2.05) is 0 Å². The molecule has 1 rings (SSSR count). The molecule has 1 heterocycles. The van der Waals surface area contributed by atoms with Crippen LogP contribution in [0.15, 0.2) is 10.7 Å². The second-order valence-corrected chi connectivity index (χ2v) is 1.75. The molecular formula is C4H6N2OS. The van der Waals surface area contributed by atoms with E-state index in [4.69, 9.17) is 18.0 Å². The van der Waals surface area contributed by atoms with Crippen molar-refractivity contribution >= 4 is 12.2 Å². The molecule has 1 aromatic rings. The highest BCUT2D eigenvalue weighted by atomic mass is 32.1. The van der Waals surface area contributed by atoms with Crippen LogP contribution >= 0.6 is 12.2 Å². The maximum atomic E-state index is 5.25. The van der Waals surface area contributed by atoms with Gasteiger partial charge in [0.25, 0.3) is 0 Å². The quantitative estimate of drug-likeness (QED) is 0.553. The molecule has 3 N–H and O–H groups in total. The SMILES string of the molecule is NCc1c[nH]oc1=S. The van der Waals surface area contributed by atoms with Crippen molar-refractivity contribution in [2.45, 2.75) is 6.54 Å². The van der Waals surface area contributed by atoms with Crippen LogP contribution in [0.25, 0.3) is 0 Å². The number of aromatic nitrogens is 1. The molecule has 0 amide bonds. The largest absolute Gasteiger partial charge is 0.370 e. The fourth-order valence-corrected chi connectivity index (χ4v) is 0.611. The van der Waals surface area contributed by atoms with E-state index in [1.165, 1.54) is 0 Å². The zero-order valence-corrected chi connectivity index (χ0v) is 4.99. The third-order valence-electron chi connectivity index (χ3n) is 0.867. The van der Waals surface area contributed by atoms with Gasteiger partial charge < -0.3 is 10.3 Å². The van der Waals surface area contributed by atoms with E-state index >= 15 is 0 Å². The minimum atomic E-state index is 0.436. The molecule has 0 unspecified atom stereocenters. The maximum Gasteiger partial charge on any atom is 0.224 e. The molecule has 0 saturated carbocycles. The lowest BCUT2D eigenvalue weighted by Gasteiger charge is -1.77. The number of aromatic amines is 1. The molecule has 0 bridgehead atoms. The van der Waals surface area contributed by atoms with Crippen molar-refractivity contribution in [2.24, 2.45) is 5.73 Å². The number of nitrogens with two attached hydrogens (primary N) is 1. The number of rotatable bonds is 1. The molecular weight excluding hydrogens is 124 g/mol. The van der Waals surface area contributed by atoms with Gasteiger partial charge in [0.05, 0.1) is 0 Å². The first-order valence-electron chi connectivity index (χ1n) is 2.20. The molecule has 3 nitrogen and oxygen atoms in total. The fourth-order valence-electron chi connectivity index (χ4n) is 0.421. The summed E-state index contributed by atoms with van der Waals surface area (Å²) in [6, 6.07) is 0. The monoisotopic (exact) mass is 130 g/mol. The third-order valence-corrected chi connectivity index (χ3v) is 1.21. The molecule has 44 valence electrons. The van der Waals surface area contributed by atoms with Gasteiger partial charge in [0, 0.05) is 18.3 Å². The van der Waals surface area contributed by atoms with Gasteiger partial charge in [-0.25, -0.2) is 5.16 Å². The summed E-state index contributed by atoms with van der Waals surface area (Å²) >= 11 is 4.71. The molecule has 0 aliphatic rings. The van der Waals surface area contributed by atoms with Gasteiger partial charge >= 0.3 is 0 Å². The van der Waals surface area contributed by atoms with Crippen LogP contribution in [0.4, 0.5) is 0 Å². The normalized spacial score (nSPS) is 9.62. The summed E-state index contributed by atoms with van der Waals surface area (Å²) < 4.78 is 5.12. The van der Waals surface area contributed by atoms with Crippen LogP contribution in [0, 0.1) is 4.71 Å². The molecule has 1 aromatic heterocycles. The Labute approximate surface area is 51.5 Å². The Hall–Kier alpha value is -0.610. The van der Waals surface area contributed by atoms with E-state index < -0.39 is 0 Å². The summed E-state index contributed by atoms with van der Waals surface area (Å²) in [5.41, 5.74) is 6.10. The molecule has 0 radical (unpaired) electrons. The Morgan fingerprint density at radius 1 is 1.88 bits per heavy atom. The molecule has 0 aromatic carbocycles. The summed E-state index contributed by atoms with van der Waals surface area (Å²) in [6.45, 7) is 0.436. The van der Waals surface area contributed by atoms with Crippen molar-refractivity contribution in [3.8, 4) is 0 Å². The minimum absolute atomic E-state index is 0.436. The summed E-state index contributed by atoms with van der Waals surface area (Å²) in [7, 11) is 0. The number of H-pyrrole nitrogens is 1. The van der Waals surface area contributed by atoms with Gasteiger partial charge in [0.2, 0.25) is 4.71 Å². The Morgan fingerprint density at radius 3 is 2.88 bits per heavy atom.